The van der Waals surface area contributed by atoms with E-state index in [0.717, 1.165) is 0 Å². The molecule has 0 atom stereocenters. The van der Waals surface area contributed by atoms with Gasteiger partial charge in [0.25, 0.3) is 4.96 Å². The highest BCUT2D eigenvalue weighted by molar-refractivity contribution is 7.15. The molecule has 7 nitrogen and oxygen atoms in total. The molecule has 0 aliphatic rings. The Morgan fingerprint density at radius 3 is 2.87 bits per heavy atom. The summed E-state index contributed by atoms with van der Waals surface area (Å²) < 4.78 is 19.8. The largest absolute Gasteiger partial charge is 0.492 e. The molecule has 0 N–H and O–H groups in total. The van der Waals surface area contributed by atoms with E-state index in [0.29, 0.717) is 29.7 Å². The Balaban J connectivity index is 1.69. The Morgan fingerprint density at radius 2 is 2.17 bits per heavy atom. The lowest BCUT2D eigenvalue weighted by atomic mass is 10.3. The van der Waals surface area contributed by atoms with Gasteiger partial charge in [0, 0.05) is 12.4 Å². The smallest absolute Gasteiger partial charge is 0.373 e. The normalized spacial score (nSPS) is 10.9. The molecule has 0 bridgehead atoms. The molecule has 0 saturated heterocycles. The standard InChI is InChI=1S/C14H13FN4O3S/c1-17(6-8-22-11-4-2-10(15)3-5-11)12-13(19(20)21)18-7-9-23-14(18)16-12/h2-5,7,9H,6,8H2,1H3. The van der Waals surface area contributed by atoms with Crippen molar-refractivity contribution in [1.82, 2.24) is 9.38 Å². The van der Waals surface area contributed by atoms with Crippen molar-refractivity contribution < 1.29 is 14.1 Å². The third-order valence-corrected chi connectivity index (χ3v) is 4.02. The molecule has 0 saturated carbocycles. The van der Waals surface area contributed by atoms with Crippen LogP contribution in [-0.2, 0) is 0 Å². The lowest BCUT2D eigenvalue weighted by Crippen LogP contribution is -2.24. The zero-order valence-corrected chi connectivity index (χ0v) is 13.0. The van der Waals surface area contributed by atoms with Crippen LogP contribution in [0.2, 0.25) is 0 Å². The average molecular weight is 336 g/mol. The highest BCUT2D eigenvalue weighted by atomic mass is 32.1. The average Bonchev–Trinajstić information content (AvgIpc) is 3.09. The van der Waals surface area contributed by atoms with Crippen molar-refractivity contribution in [2.75, 3.05) is 25.1 Å². The highest BCUT2D eigenvalue weighted by Gasteiger charge is 2.26. The fraction of sp³-hybridized carbons (Fsp3) is 0.214. The minimum atomic E-state index is -0.445. The maximum absolute atomic E-state index is 12.8. The van der Waals surface area contributed by atoms with E-state index >= 15 is 0 Å². The van der Waals surface area contributed by atoms with Gasteiger partial charge in [-0.1, -0.05) is 11.3 Å². The quantitative estimate of drug-likeness (QED) is 0.511. The zero-order chi connectivity index (χ0) is 16.4. The van der Waals surface area contributed by atoms with Crippen LogP contribution in [0, 0.1) is 15.9 Å². The van der Waals surface area contributed by atoms with Gasteiger partial charge in [0.05, 0.1) is 6.54 Å². The summed E-state index contributed by atoms with van der Waals surface area (Å²) in [5.41, 5.74) is 0. The first kappa shape index (κ1) is 15.2. The van der Waals surface area contributed by atoms with E-state index in [1.54, 1.807) is 23.5 Å². The van der Waals surface area contributed by atoms with Crippen LogP contribution in [0.1, 0.15) is 0 Å². The topological polar surface area (TPSA) is 72.9 Å². The summed E-state index contributed by atoms with van der Waals surface area (Å²) in [5.74, 6) is 0.443. The molecule has 0 radical (unpaired) electrons. The van der Waals surface area contributed by atoms with E-state index in [1.165, 1.54) is 40.0 Å². The molecule has 0 spiro atoms. The molecule has 0 aliphatic carbocycles. The summed E-state index contributed by atoms with van der Waals surface area (Å²) in [4.78, 5) is 17.4. The second-order valence-electron chi connectivity index (χ2n) is 4.80. The van der Waals surface area contributed by atoms with Crippen LogP contribution in [-0.4, -0.2) is 34.5 Å². The maximum atomic E-state index is 12.8. The number of imidazole rings is 1. The van der Waals surface area contributed by atoms with Crippen LogP contribution in [0.3, 0.4) is 0 Å². The minimum absolute atomic E-state index is 0.0643. The monoisotopic (exact) mass is 336 g/mol. The number of rotatable bonds is 6. The lowest BCUT2D eigenvalue weighted by molar-refractivity contribution is -0.389. The van der Waals surface area contributed by atoms with Crippen molar-refractivity contribution in [2.45, 2.75) is 0 Å². The number of fused-ring (bicyclic) bond motifs is 1. The van der Waals surface area contributed by atoms with Crippen molar-refractivity contribution in [3.8, 4) is 5.75 Å². The van der Waals surface area contributed by atoms with Gasteiger partial charge in [0.1, 0.15) is 24.4 Å². The van der Waals surface area contributed by atoms with Gasteiger partial charge < -0.3 is 19.8 Å². The summed E-state index contributed by atoms with van der Waals surface area (Å²) in [6, 6.07) is 5.69. The van der Waals surface area contributed by atoms with Gasteiger partial charge in [-0.2, -0.15) is 9.38 Å². The number of nitro groups is 1. The Morgan fingerprint density at radius 1 is 1.43 bits per heavy atom. The van der Waals surface area contributed by atoms with Crippen LogP contribution in [0.4, 0.5) is 16.0 Å². The number of aromatic nitrogens is 2. The number of anilines is 1. The van der Waals surface area contributed by atoms with E-state index < -0.39 is 4.92 Å². The van der Waals surface area contributed by atoms with E-state index in [2.05, 4.69) is 4.98 Å². The number of halogens is 1. The molecule has 0 aliphatic heterocycles. The first-order valence-corrected chi connectivity index (χ1v) is 7.63. The van der Waals surface area contributed by atoms with Crippen LogP contribution in [0.15, 0.2) is 35.8 Å². The van der Waals surface area contributed by atoms with E-state index in [1.807, 2.05) is 0 Å². The summed E-state index contributed by atoms with van der Waals surface area (Å²) >= 11 is 1.33. The van der Waals surface area contributed by atoms with Crippen molar-refractivity contribution in [1.29, 1.82) is 0 Å². The van der Waals surface area contributed by atoms with Gasteiger partial charge in [0.15, 0.2) is 0 Å². The molecule has 1 aromatic carbocycles. The van der Waals surface area contributed by atoms with Gasteiger partial charge in [-0.25, -0.2) is 4.39 Å². The SMILES string of the molecule is CN(CCOc1ccc(F)cc1)c1nc2sccn2c1[N+](=O)[O-]. The second kappa shape index (κ2) is 6.21. The lowest BCUT2D eigenvalue weighted by Gasteiger charge is -2.16. The molecule has 0 unspecified atom stereocenters. The summed E-state index contributed by atoms with van der Waals surface area (Å²) in [5, 5.41) is 13.0. The Labute approximate surface area is 134 Å². The molecule has 2 aromatic heterocycles. The molecular formula is C14H13FN4O3S. The first-order chi connectivity index (χ1) is 11.1. The summed E-state index contributed by atoms with van der Waals surface area (Å²) in [6.45, 7) is 0.702. The van der Waals surface area contributed by atoms with Crippen LogP contribution in [0.25, 0.3) is 4.96 Å². The molecule has 3 rings (SSSR count). The number of benzene rings is 1. The second-order valence-corrected chi connectivity index (χ2v) is 5.67. The molecule has 120 valence electrons. The van der Waals surface area contributed by atoms with Crippen molar-refractivity contribution in [3.05, 3.63) is 51.8 Å². The molecule has 9 heteroatoms. The van der Waals surface area contributed by atoms with Crippen molar-refractivity contribution in [3.63, 3.8) is 0 Å². The minimum Gasteiger partial charge on any atom is -0.492 e. The molecular weight excluding hydrogens is 323 g/mol. The fourth-order valence-electron chi connectivity index (χ4n) is 2.13. The van der Waals surface area contributed by atoms with Crippen LogP contribution < -0.4 is 9.64 Å². The molecule has 0 amide bonds. The number of nitrogens with zero attached hydrogens (tertiary/aromatic N) is 4. The first-order valence-electron chi connectivity index (χ1n) is 6.75. The summed E-state index contributed by atoms with van der Waals surface area (Å²) in [6.07, 6.45) is 1.62. The van der Waals surface area contributed by atoms with Gasteiger partial charge >= 0.3 is 5.82 Å². The number of ether oxygens (including phenoxy) is 1. The van der Waals surface area contributed by atoms with Crippen molar-refractivity contribution in [2.24, 2.45) is 0 Å². The van der Waals surface area contributed by atoms with E-state index in [-0.39, 0.29) is 11.6 Å². The summed E-state index contributed by atoms with van der Waals surface area (Å²) in [7, 11) is 1.72. The van der Waals surface area contributed by atoms with Gasteiger partial charge in [-0.3, -0.25) is 0 Å². The van der Waals surface area contributed by atoms with Gasteiger partial charge in [-0.05, 0) is 29.2 Å². The Kier molecular flexibility index (Phi) is 4.11. The number of likely N-dealkylation sites (N-methyl/N-ethyl adjacent to an activating group) is 1. The van der Waals surface area contributed by atoms with Gasteiger partial charge in [-0.15, -0.1) is 0 Å². The van der Waals surface area contributed by atoms with E-state index in [4.69, 9.17) is 4.74 Å². The number of hydrogen-bond acceptors (Lipinski definition) is 6. The molecule has 2 heterocycles. The maximum Gasteiger partial charge on any atom is 0.373 e. The zero-order valence-electron chi connectivity index (χ0n) is 12.2. The highest BCUT2D eigenvalue weighted by Crippen LogP contribution is 2.30. The predicted molar refractivity (Wildman–Crippen MR) is 84.9 cm³/mol. The third-order valence-electron chi connectivity index (χ3n) is 3.26. The van der Waals surface area contributed by atoms with Crippen LogP contribution >= 0.6 is 11.3 Å². The third kappa shape index (κ3) is 3.09. The molecule has 0 fully saturated rings. The number of hydrogen-bond donors (Lipinski definition) is 0. The predicted octanol–water partition coefficient (Wildman–Crippen LogP) is 2.96. The van der Waals surface area contributed by atoms with Crippen LogP contribution in [0.5, 0.6) is 5.75 Å². The molecule has 23 heavy (non-hydrogen) atoms. The van der Waals surface area contributed by atoms with E-state index in [9.17, 15) is 14.5 Å². The Hall–Kier alpha value is -2.68. The van der Waals surface area contributed by atoms with Gasteiger partial charge in [0.2, 0.25) is 5.82 Å². The Bertz CT molecular complexity index is 830. The van der Waals surface area contributed by atoms with Crippen molar-refractivity contribution >= 4 is 27.9 Å². The fourth-order valence-corrected chi connectivity index (χ4v) is 2.83. The number of thiazole rings is 1. The molecule has 3 aromatic rings.